The molecule has 9 heteroatoms. The van der Waals surface area contributed by atoms with Gasteiger partial charge in [0.1, 0.15) is 4.90 Å². The first-order valence-electron chi connectivity index (χ1n) is 8.97. The van der Waals surface area contributed by atoms with Gasteiger partial charge in [-0.05, 0) is 38.8 Å². The average Bonchev–Trinajstić information content (AvgIpc) is 3.43. The van der Waals surface area contributed by atoms with Crippen LogP contribution in [0, 0.1) is 13.8 Å². The highest BCUT2D eigenvalue weighted by Gasteiger charge is 2.33. The van der Waals surface area contributed by atoms with Crippen LogP contribution in [0.25, 0.3) is 0 Å². The summed E-state index contributed by atoms with van der Waals surface area (Å²) in [6.07, 6.45) is 2.41. The fraction of sp³-hybridized carbons (Fsp3) is 0.588. The number of nitrogens with zero attached hydrogens (tertiary/aromatic N) is 6. The summed E-state index contributed by atoms with van der Waals surface area (Å²) in [4.78, 5) is 2.43. The molecule has 1 saturated carbocycles. The van der Waals surface area contributed by atoms with Gasteiger partial charge in [0.05, 0.1) is 17.1 Å². The van der Waals surface area contributed by atoms with E-state index in [0.717, 1.165) is 11.5 Å². The molecule has 4 rings (SSSR count). The van der Waals surface area contributed by atoms with Crippen LogP contribution in [-0.4, -0.2) is 58.9 Å². The van der Waals surface area contributed by atoms with Gasteiger partial charge < -0.3 is 4.90 Å². The molecule has 0 unspecified atom stereocenters. The molecule has 8 nitrogen and oxygen atoms in total. The Morgan fingerprint density at radius 2 is 1.73 bits per heavy atom. The van der Waals surface area contributed by atoms with Gasteiger partial charge in [0, 0.05) is 39.1 Å². The largest absolute Gasteiger partial charge is 0.352 e. The Morgan fingerprint density at radius 1 is 1.04 bits per heavy atom. The summed E-state index contributed by atoms with van der Waals surface area (Å²) >= 11 is 0. The summed E-state index contributed by atoms with van der Waals surface area (Å²) in [6.45, 7) is 5.61. The highest BCUT2D eigenvalue weighted by molar-refractivity contribution is 7.89. The number of rotatable bonds is 4. The van der Waals surface area contributed by atoms with E-state index in [1.165, 1.54) is 12.8 Å². The molecule has 3 heterocycles. The van der Waals surface area contributed by atoms with Gasteiger partial charge in [0.25, 0.3) is 0 Å². The number of hydrogen-bond donors (Lipinski definition) is 0. The van der Waals surface area contributed by atoms with Crippen molar-refractivity contribution in [3.05, 3.63) is 29.2 Å². The summed E-state index contributed by atoms with van der Waals surface area (Å²) < 4.78 is 29.2. The number of anilines is 1. The van der Waals surface area contributed by atoms with Crippen molar-refractivity contribution in [3.8, 4) is 0 Å². The maximum Gasteiger partial charge on any atom is 0.246 e. The van der Waals surface area contributed by atoms with Crippen LogP contribution in [-0.2, 0) is 17.1 Å². The van der Waals surface area contributed by atoms with Crippen LogP contribution in [0.15, 0.2) is 17.0 Å². The number of aryl methyl sites for hydroxylation is 2. The lowest BCUT2D eigenvalue weighted by atomic mass is 10.2. The molecule has 1 aliphatic heterocycles. The molecule has 2 aromatic heterocycles. The molecule has 1 aliphatic carbocycles. The normalized spacial score (nSPS) is 19.1. The van der Waals surface area contributed by atoms with E-state index in [1.807, 2.05) is 12.1 Å². The molecule has 0 atom stereocenters. The standard InChI is InChI=1S/C17H24N6O2S/c1-12-17(13(2)21(3)20-12)26(24,25)23-10-8-22(9-11-23)16-7-6-15(18-19-16)14-4-5-14/h6-7,14H,4-5,8-11H2,1-3H3. The van der Waals surface area contributed by atoms with E-state index >= 15 is 0 Å². The molecule has 140 valence electrons. The molecular formula is C17H24N6O2S. The molecule has 0 N–H and O–H groups in total. The van der Waals surface area contributed by atoms with Gasteiger partial charge in [0.15, 0.2) is 5.82 Å². The third-order valence-corrected chi connectivity index (χ3v) is 7.42. The monoisotopic (exact) mass is 376 g/mol. The summed E-state index contributed by atoms with van der Waals surface area (Å²) in [6, 6.07) is 4.05. The Bertz CT molecular complexity index is 909. The van der Waals surface area contributed by atoms with Gasteiger partial charge >= 0.3 is 0 Å². The summed E-state index contributed by atoms with van der Waals surface area (Å²) in [5, 5.41) is 12.9. The smallest absolute Gasteiger partial charge is 0.246 e. The van der Waals surface area contributed by atoms with E-state index in [2.05, 4.69) is 20.2 Å². The lowest BCUT2D eigenvalue weighted by molar-refractivity contribution is 0.383. The van der Waals surface area contributed by atoms with E-state index < -0.39 is 10.0 Å². The van der Waals surface area contributed by atoms with Crippen molar-refractivity contribution in [1.82, 2.24) is 24.3 Å². The number of piperazine rings is 1. The van der Waals surface area contributed by atoms with Gasteiger partial charge in [-0.1, -0.05) is 0 Å². The quantitative estimate of drug-likeness (QED) is 0.798. The zero-order valence-electron chi connectivity index (χ0n) is 15.4. The number of hydrogen-bond acceptors (Lipinski definition) is 6. The van der Waals surface area contributed by atoms with Gasteiger partial charge in [-0.15, -0.1) is 5.10 Å². The van der Waals surface area contributed by atoms with Crippen molar-refractivity contribution in [2.45, 2.75) is 37.5 Å². The van der Waals surface area contributed by atoms with Crippen LogP contribution in [0.3, 0.4) is 0 Å². The third kappa shape index (κ3) is 2.99. The van der Waals surface area contributed by atoms with E-state index in [0.29, 0.717) is 48.4 Å². The minimum Gasteiger partial charge on any atom is -0.352 e. The topological polar surface area (TPSA) is 84.2 Å². The number of aromatic nitrogens is 4. The zero-order chi connectivity index (χ0) is 18.5. The fourth-order valence-corrected chi connectivity index (χ4v) is 5.34. The second-order valence-corrected chi connectivity index (χ2v) is 8.98. The molecule has 0 spiro atoms. The number of sulfonamides is 1. The second kappa shape index (κ2) is 6.31. The van der Waals surface area contributed by atoms with E-state index in [4.69, 9.17) is 0 Å². The van der Waals surface area contributed by atoms with E-state index in [1.54, 1.807) is 29.9 Å². The van der Waals surface area contributed by atoms with Crippen molar-refractivity contribution in [1.29, 1.82) is 0 Å². The Kier molecular flexibility index (Phi) is 4.23. The van der Waals surface area contributed by atoms with Crippen LogP contribution >= 0.6 is 0 Å². The molecule has 0 bridgehead atoms. The Labute approximate surface area is 153 Å². The minimum absolute atomic E-state index is 0.335. The zero-order valence-corrected chi connectivity index (χ0v) is 16.2. The molecular weight excluding hydrogens is 352 g/mol. The predicted octanol–water partition coefficient (Wildman–Crippen LogP) is 1.22. The maximum absolute atomic E-state index is 13.0. The van der Waals surface area contributed by atoms with Crippen molar-refractivity contribution in [2.24, 2.45) is 7.05 Å². The first kappa shape index (κ1) is 17.4. The van der Waals surface area contributed by atoms with Gasteiger partial charge in [0.2, 0.25) is 10.0 Å². The van der Waals surface area contributed by atoms with E-state index in [-0.39, 0.29) is 0 Å². The summed E-state index contributed by atoms with van der Waals surface area (Å²) in [7, 11) is -1.76. The summed E-state index contributed by atoms with van der Waals surface area (Å²) in [5.41, 5.74) is 2.29. The Morgan fingerprint density at radius 3 is 2.23 bits per heavy atom. The molecule has 2 aromatic rings. The molecule has 2 aliphatic rings. The van der Waals surface area contributed by atoms with Crippen LogP contribution in [0.5, 0.6) is 0 Å². The van der Waals surface area contributed by atoms with Crippen molar-refractivity contribution in [2.75, 3.05) is 31.1 Å². The van der Waals surface area contributed by atoms with Crippen LogP contribution < -0.4 is 4.90 Å². The highest BCUT2D eigenvalue weighted by Crippen LogP contribution is 2.38. The first-order valence-corrected chi connectivity index (χ1v) is 10.4. The lowest BCUT2D eigenvalue weighted by Crippen LogP contribution is -2.49. The first-order chi connectivity index (χ1) is 12.4. The molecule has 0 aromatic carbocycles. The van der Waals surface area contributed by atoms with Gasteiger partial charge in [-0.25, -0.2) is 8.42 Å². The molecule has 2 fully saturated rings. The Balaban J connectivity index is 1.47. The average molecular weight is 376 g/mol. The highest BCUT2D eigenvalue weighted by atomic mass is 32.2. The van der Waals surface area contributed by atoms with Gasteiger partial charge in [-0.2, -0.15) is 14.5 Å². The lowest BCUT2D eigenvalue weighted by Gasteiger charge is -2.34. The van der Waals surface area contributed by atoms with Crippen molar-refractivity contribution < 1.29 is 8.42 Å². The molecule has 26 heavy (non-hydrogen) atoms. The Hall–Kier alpha value is -2.00. The van der Waals surface area contributed by atoms with Crippen molar-refractivity contribution in [3.63, 3.8) is 0 Å². The molecule has 1 saturated heterocycles. The third-order valence-electron chi connectivity index (χ3n) is 5.27. The second-order valence-electron chi connectivity index (χ2n) is 7.11. The van der Waals surface area contributed by atoms with Crippen molar-refractivity contribution >= 4 is 15.8 Å². The predicted molar refractivity (Wildman–Crippen MR) is 97.7 cm³/mol. The minimum atomic E-state index is -3.53. The van der Waals surface area contributed by atoms with Crippen LogP contribution in [0.2, 0.25) is 0 Å². The maximum atomic E-state index is 13.0. The van der Waals surface area contributed by atoms with E-state index in [9.17, 15) is 8.42 Å². The SMILES string of the molecule is Cc1nn(C)c(C)c1S(=O)(=O)N1CCN(c2ccc(C3CC3)nn2)CC1. The van der Waals surface area contributed by atoms with Crippen LogP contribution in [0.4, 0.5) is 5.82 Å². The fourth-order valence-electron chi connectivity index (χ4n) is 3.52. The molecule has 0 radical (unpaired) electrons. The van der Waals surface area contributed by atoms with Crippen LogP contribution in [0.1, 0.15) is 35.8 Å². The van der Waals surface area contributed by atoms with Gasteiger partial charge in [-0.3, -0.25) is 4.68 Å². The summed E-state index contributed by atoms with van der Waals surface area (Å²) in [5.74, 6) is 1.41. The molecule has 0 amide bonds.